The van der Waals surface area contributed by atoms with Crippen LogP contribution in [0.15, 0.2) is 12.2 Å². The van der Waals surface area contributed by atoms with Crippen LogP contribution < -0.4 is 0 Å². The predicted octanol–water partition coefficient (Wildman–Crippen LogP) is -0.107. The molecule has 7 heteroatoms. The number of hydrogen-bond donors (Lipinski definition) is 2. The summed E-state index contributed by atoms with van der Waals surface area (Å²) in [4.78, 5) is 9.60. The molecule has 0 aromatic rings. The van der Waals surface area contributed by atoms with Crippen LogP contribution in [0.3, 0.4) is 0 Å². The van der Waals surface area contributed by atoms with E-state index in [1.807, 2.05) is 0 Å². The van der Waals surface area contributed by atoms with E-state index in [0.717, 1.165) is 0 Å². The molecule has 0 aliphatic rings. The van der Waals surface area contributed by atoms with Crippen molar-refractivity contribution >= 4 is 45.6 Å². The fraction of sp³-hybridized carbons (Fsp3) is 0.500. The van der Waals surface area contributed by atoms with Gasteiger partial charge in [-0.15, -0.1) is 0 Å². The van der Waals surface area contributed by atoms with Crippen molar-refractivity contribution in [1.29, 1.82) is 0 Å². The number of carbonyl (C=O) groups is 1. The van der Waals surface area contributed by atoms with E-state index in [4.69, 9.17) is 9.66 Å². The van der Waals surface area contributed by atoms with Crippen LogP contribution in [0.25, 0.3) is 0 Å². The Balaban J connectivity index is -0.000000143. The van der Waals surface area contributed by atoms with E-state index in [1.165, 1.54) is 13.8 Å². The van der Waals surface area contributed by atoms with Crippen LogP contribution in [0.2, 0.25) is 0 Å². The Labute approximate surface area is 99.9 Å². The zero-order chi connectivity index (χ0) is 10.4. The van der Waals surface area contributed by atoms with E-state index in [1.54, 1.807) is 0 Å². The Hall–Kier alpha value is 0.120. The van der Waals surface area contributed by atoms with Crippen LogP contribution in [-0.4, -0.2) is 59.4 Å². The number of aliphatic carboxylic acids is 1. The quantitative estimate of drug-likeness (QED) is 0.385. The molecule has 0 unspecified atom stereocenters. The number of carboxylic acid groups (broad SMARTS) is 1. The molecule has 0 saturated heterocycles. The molecule has 0 rings (SSSR count). The standard InChI is InChI=1S/C4H6O2.C2H6O3S.Na.H/c1-3(2)4(5)6;1-2-6(3,4)5;;/h1H2,2H3,(H,5,6);2H2,1H3,(H,3,4,5);;. The number of hydrogen-bond acceptors (Lipinski definition) is 3. The molecule has 0 heterocycles. The average molecular weight is 220 g/mol. The molecular formula is C6H13NaO5S. The van der Waals surface area contributed by atoms with Crippen molar-refractivity contribution in [2.45, 2.75) is 13.8 Å². The molecule has 13 heavy (non-hydrogen) atoms. The first-order chi connectivity index (χ1) is 5.20. The summed E-state index contributed by atoms with van der Waals surface area (Å²) in [5.41, 5.74) is 0.176. The molecule has 0 fully saturated rings. The van der Waals surface area contributed by atoms with Gasteiger partial charge >= 0.3 is 35.5 Å². The van der Waals surface area contributed by atoms with Crippen LogP contribution in [0.5, 0.6) is 0 Å². The third kappa shape index (κ3) is 24.5. The minimum atomic E-state index is -3.66. The summed E-state index contributed by atoms with van der Waals surface area (Å²) in [5, 5.41) is 7.89. The third-order valence-corrected chi connectivity index (χ3v) is 1.46. The van der Waals surface area contributed by atoms with Gasteiger partial charge in [0.25, 0.3) is 10.1 Å². The molecule has 0 spiro atoms. The summed E-state index contributed by atoms with van der Waals surface area (Å²) in [6.07, 6.45) is 0. The van der Waals surface area contributed by atoms with Gasteiger partial charge in [-0.05, 0) is 13.8 Å². The van der Waals surface area contributed by atoms with E-state index < -0.39 is 16.1 Å². The number of rotatable bonds is 2. The van der Waals surface area contributed by atoms with Gasteiger partial charge in [0, 0.05) is 5.57 Å². The molecule has 5 nitrogen and oxygen atoms in total. The first kappa shape index (κ1) is 18.8. The molecule has 0 aromatic heterocycles. The van der Waals surface area contributed by atoms with Crippen molar-refractivity contribution in [3.05, 3.63) is 12.2 Å². The Morgan fingerprint density at radius 2 is 1.62 bits per heavy atom. The maximum atomic E-state index is 9.60. The van der Waals surface area contributed by atoms with E-state index in [0.29, 0.717) is 0 Å². The molecule has 0 aliphatic carbocycles. The summed E-state index contributed by atoms with van der Waals surface area (Å²) in [5.74, 6) is -1.14. The van der Waals surface area contributed by atoms with Crippen LogP contribution >= 0.6 is 0 Å². The summed E-state index contributed by atoms with van der Waals surface area (Å²) in [6.45, 7) is 5.97. The van der Waals surface area contributed by atoms with Crippen molar-refractivity contribution in [1.82, 2.24) is 0 Å². The van der Waals surface area contributed by atoms with Gasteiger partial charge in [-0.1, -0.05) is 6.58 Å². The monoisotopic (exact) mass is 220 g/mol. The van der Waals surface area contributed by atoms with E-state index in [2.05, 4.69) is 6.58 Å². The van der Waals surface area contributed by atoms with Crippen molar-refractivity contribution in [2.24, 2.45) is 0 Å². The second-order valence-corrected chi connectivity index (χ2v) is 3.70. The van der Waals surface area contributed by atoms with Crippen molar-refractivity contribution in [2.75, 3.05) is 5.75 Å². The van der Waals surface area contributed by atoms with Crippen molar-refractivity contribution in [3.63, 3.8) is 0 Å². The third-order valence-electron chi connectivity index (χ3n) is 0.730. The fourth-order valence-corrected chi connectivity index (χ4v) is 0. The van der Waals surface area contributed by atoms with Gasteiger partial charge in [-0.25, -0.2) is 4.79 Å². The summed E-state index contributed by atoms with van der Waals surface area (Å²) in [6, 6.07) is 0. The van der Waals surface area contributed by atoms with Gasteiger partial charge in [-0.2, -0.15) is 8.42 Å². The van der Waals surface area contributed by atoms with Crippen molar-refractivity contribution in [3.8, 4) is 0 Å². The average Bonchev–Trinajstić information content (AvgIpc) is 1.87. The molecule has 74 valence electrons. The van der Waals surface area contributed by atoms with Gasteiger partial charge in [0.2, 0.25) is 0 Å². The Morgan fingerprint density at radius 1 is 1.46 bits per heavy atom. The Kier molecular flexibility index (Phi) is 12.6. The molecule has 2 N–H and O–H groups in total. The molecule has 0 aliphatic heterocycles. The van der Waals surface area contributed by atoms with E-state index in [-0.39, 0.29) is 40.9 Å². The van der Waals surface area contributed by atoms with Gasteiger partial charge in [-0.3, -0.25) is 4.55 Å². The molecular weight excluding hydrogens is 207 g/mol. The van der Waals surface area contributed by atoms with Crippen LogP contribution in [0, 0.1) is 0 Å². The molecule has 0 atom stereocenters. The van der Waals surface area contributed by atoms with Crippen LogP contribution in [0.4, 0.5) is 0 Å². The molecule has 0 bridgehead atoms. The van der Waals surface area contributed by atoms with Gasteiger partial charge < -0.3 is 5.11 Å². The summed E-state index contributed by atoms with van der Waals surface area (Å²) < 4.78 is 26.9. The number of carboxylic acids is 1. The van der Waals surface area contributed by atoms with E-state index in [9.17, 15) is 13.2 Å². The summed E-state index contributed by atoms with van der Waals surface area (Å²) in [7, 11) is -3.66. The van der Waals surface area contributed by atoms with Gasteiger partial charge in [0.1, 0.15) is 0 Å². The first-order valence-electron chi connectivity index (χ1n) is 3.04. The SMILES string of the molecule is C=C(C)C(=O)O.CCS(=O)(=O)O.[NaH]. The van der Waals surface area contributed by atoms with Crippen LogP contribution in [0.1, 0.15) is 13.8 Å². The second-order valence-electron chi connectivity index (χ2n) is 1.96. The first-order valence-corrected chi connectivity index (χ1v) is 4.65. The molecule has 0 radical (unpaired) electrons. The molecule has 0 aromatic carbocycles. The van der Waals surface area contributed by atoms with E-state index >= 15 is 0 Å². The zero-order valence-electron chi connectivity index (χ0n) is 6.94. The molecule has 0 amide bonds. The minimum absolute atomic E-state index is 0. The summed E-state index contributed by atoms with van der Waals surface area (Å²) >= 11 is 0. The van der Waals surface area contributed by atoms with Gasteiger partial charge in [0.15, 0.2) is 0 Å². The topological polar surface area (TPSA) is 91.7 Å². The fourth-order valence-electron chi connectivity index (χ4n) is 0. The Bertz CT molecular complexity index is 244. The van der Waals surface area contributed by atoms with Gasteiger partial charge in [0.05, 0.1) is 5.75 Å². The maximum absolute atomic E-state index is 9.60. The Morgan fingerprint density at radius 3 is 1.62 bits per heavy atom. The predicted molar refractivity (Wildman–Crippen MR) is 51.7 cm³/mol. The zero-order valence-corrected chi connectivity index (χ0v) is 7.76. The van der Waals surface area contributed by atoms with Crippen molar-refractivity contribution < 1.29 is 22.9 Å². The normalized spacial score (nSPS) is 8.85. The second kappa shape index (κ2) is 8.71. The van der Waals surface area contributed by atoms with Crippen LogP contribution in [-0.2, 0) is 14.9 Å². The molecule has 0 saturated carbocycles.